The Hall–Kier alpha value is -0.460. The molecule has 1 rings (SSSR count). The Kier molecular flexibility index (Phi) is 8.25. The quantitative estimate of drug-likeness (QED) is 0.724. The summed E-state index contributed by atoms with van der Waals surface area (Å²) in [7, 11) is 1.66. The van der Waals surface area contributed by atoms with Gasteiger partial charge in [-0.15, -0.1) is 0 Å². The second-order valence-corrected chi connectivity index (χ2v) is 5.33. The molecule has 0 fully saturated rings. The van der Waals surface area contributed by atoms with E-state index in [1.54, 1.807) is 7.11 Å². The van der Waals surface area contributed by atoms with Crippen LogP contribution in [0.2, 0.25) is 0 Å². The van der Waals surface area contributed by atoms with Gasteiger partial charge in [-0.3, -0.25) is 4.90 Å². The van der Waals surface area contributed by atoms with Crippen LogP contribution in [-0.2, 0) is 4.74 Å². The van der Waals surface area contributed by atoms with Crippen molar-refractivity contribution in [2.24, 2.45) is 0 Å². The van der Waals surface area contributed by atoms with Crippen LogP contribution in [-0.4, -0.2) is 55.1 Å². The summed E-state index contributed by atoms with van der Waals surface area (Å²) in [5, 5.41) is 19.1. The van der Waals surface area contributed by atoms with Gasteiger partial charge in [0.15, 0.2) is 0 Å². The average Bonchev–Trinajstić information content (AvgIpc) is 2.42. The third kappa shape index (κ3) is 6.49. The molecule has 1 atom stereocenters. The second kappa shape index (κ2) is 9.44. The first kappa shape index (κ1) is 16.6. The SMILES string of the molecule is COCCN(CCO)CCC(O)c1ccc(Br)cc1. The van der Waals surface area contributed by atoms with E-state index in [1.807, 2.05) is 24.3 Å². The molecule has 0 saturated carbocycles. The number of rotatable bonds is 9. The zero-order valence-corrected chi connectivity index (χ0v) is 12.8. The summed E-state index contributed by atoms with van der Waals surface area (Å²) in [6, 6.07) is 7.69. The molecule has 0 aliphatic rings. The first-order valence-electron chi connectivity index (χ1n) is 6.43. The largest absolute Gasteiger partial charge is 0.395 e. The number of hydrogen-bond donors (Lipinski definition) is 2. The zero-order chi connectivity index (χ0) is 14.1. The molecule has 0 spiro atoms. The van der Waals surface area contributed by atoms with Gasteiger partial charge in [-0.2, -0.15) is 0 Å². The highest BCUT2D eigenvalue weighted by molar-refractivity contribution is 9.10. The topological polar surface area (TPSA) is 52.9 Å². The number of methoxy groups -OCH3 is 1. The molecule has 1 aromatic carbocycles. The summed E-state index contributed by atoms with van der Waals surface area (Å²) in [6.45, 7) is 2.87. The van der Waals surface area contributed by atoms with Crippen LogP contribution in [0, 0.1) is 0 Å². The number of halogens is 1. The Morgan fingerprint density at radius 1 is 1.21 bits per heavy atom. The molecule has 1 unspecified atom stereocenters. The summed E-state index contributed by atoms with van der Waals surface area (Å²) in [6.07, 6.45) is 0.169. The van der Waals surface area contributed by atoms with Crippen molar-refractivity contribution < 1.29 is 14.9 Å². The minimum Gasteiger partial charge on any atom is -0.395 e. The van der Waals surface area contributed by atoms with Gasteiger partial charge in [0.05, 0.1) is 19.3 Å². The van der Waals surface area contributed by atoms with Gasteiger partial charge in [-0.25, -0.2) is 0 Å². The Labute approximate surface area is 123 Å². The smallest absolute Gasteiger partial charge is 0.0802 e. The summed E-state index contributed by atoms with van der Waals surface area (Å²) in [5.74, 6) is 0. The number of benzene rings is 1. The molecule has 2 N–H and O–H groups in total. The van der Waals surface area contributed by atoms with Gasteiger partial charge in [0, 0.05) is 31.2 Å². The lowest BCUT2D eigenvalue weighted by atomic mass is 10.1. The molecule has 108 valence electrons. The maximum Gasteiger partial charge on any atom is 0.0802 e. The van der Waals surface area contributed by atoms with E-state index >= 15 is 0 Å². The van der Waals surface area contributed by atoms with Crippen LogP contribution >= 0.6 is 15.9 Å². The van der Waals surface area contributed by atoms with Crippen molar-refractivity contribution in [3.8, 4) is 0 Å². The summed E-state index contributed by atoms with van der Waals surface area (Å²) in [4.78, 5) is 2.09. The molecule has 0 amide bonds. The normalized spacial score (nSPS) is 12.9. The molecule has 0 heterocycles. The van der Waals surface area contributed by atoms with Crippen LogP contribution < -0.4 is 0 Å². The van der Waals surface area contributed by atoms with Gasteiger partial charge >= 0.3 is 0 Å². The number of ether oxygens (including phenoxy) is 1. The van der Waals surface area contributed by atoms with Crippen LogP contribution in [0.15, 0.2) is 28.7 Å². The van der Waals surface area contributed by atoms with Crippen LogP contribution in [0.1, 0.15) is 18.1 Å². The summed E-state index contributed by atoms with van der Waals surface area (Å²) in [5.41, 5.74) is 0.916. The van der Waals surface area contributed by atoms with Crippen molar-refractivity contribution in [2.75, 3.05) is 40.0 Å². The standard InChI is InChI=1S/C14H22BrNO3/c1-19-11-9-16(8-10-17)7-6-14(18)12-2-4-13(15)5-3-12/h2-5,14,17-18H,6-11H2,1H3. The Morgan fingerprint density at radius 2 is 1.89 bits per heavy atom. The van der Waals surface area contributed by atoms with Crippen molar-refractivity contribution in [2.45, 2.75) is 12.5 Å². The highest BCUT2D eigenvalue weighted by Crippen LogP contribution is 2.19. The van der Waals surface area contributed by atoms with Crippen LogP contribution in [0.5, 0.6) is 0 Å². The lowest BCUT2D eigenvalue weighted by Gasteiger charge is -2.22. The Morgan fingerprint density at radius 3 is 2.47 bits per heavy atom. The molecule has 0 saturated heterocycles. The van der Waals surface area contributed by atoms with E-state index < -0.39 is 6.10 Å². The average molecular weight is 332 g/mol. The van der Waals surface area contributed by atoms with Crippen molar-refractivity contribution in [3.63, 3.8) is 0 Å². The van der Waals surface area contributed by atoms with Crippen LogP contribution in [0.3, 0.4) is 0 Å². The summed E-state index contributed by atoms with van der Waals surface area (Å²) >= 11 is 3.37. The first-order valence-corrected chi connectivity index (χ1v) is 7.22. The minimum absolute atomic E-state index is 0.123. The van der Waals surface area contributed by atoms with E-state index in [2.05, 4.69) is 20.8 Å². The Bertz CT molecular complexity index is 345. The highest BCUT2D eigenvalue weighted by Gasteiger charge is 2.10. The Balaban J connectivity index is 2.41. The maximum absolute atomic E-state index is 10.1. The number of hydrogen-bond acceptors (Lipinski definition) is 4. The van der Waals surface area contributed by atoms with Gasteiger partial charge in [-0.05, 0) is 24.1 Å². The van der Waals surface area contributed by atoms with E-state index in [-0.39, 0.29) is 6.61 Å². The van der Waals surface area contributed by atoms with Gasteiger partial charge in [-0.1, -0.05) is 28.1 Å². The van der Waals surface area contributed by atoms with E-state index in [9.17, 15) is 5.11 Å². The fourth-order valence-electron chi connectivity index (χ4n) is 1.85. The third-order valence-corrected chi connectivity index (χ3v) is 3.53. The van der Waals surface area contributed by atoms with Crippen molar-refractivity contribution >= 4 is 15.9 Å². The predicted octanol–water partition coefficient (Wildman–Crippen LogP) is 1.81. The van der Waals surface area contributed by atoms with Gasteiger partial charge in [0.1, 0.15) is 0 Å². The molecule has 0 aliphatic heterocycles. The lowest BCUT2D eigenvalue weighted by Crippen LogP contribution is -2.32. The highest BCUT2D eigenvalue weighted by atomic mass is 79.9. The lowest BCUT2D eigenvalue weighted by molar-refractivity contribution is 0.105. The molecule has 0 aliphatic carbocycles. The fraction of sp³-hybridized carbons (Fsp3) is 0.571. The molecule has 5 heteroatoms. The predicted molar refractivity (Wildman–Crippen MR) is 79.1 cm³/mol. The molecular weight excluding hydrogens is 310 g/mol. The van der Waals surface area contributed by atoms with Crippen molar-refractivity contribution in [3.05, 3.63) is 34.3 Å². The summed E-state index contributed by atoms with van der Waals surface area (Å²) < 4.78 is 6.04. The molecule has 4 nitrogen and oxygen atoms in total. The molecule has 0 radical (unpaired) electrons. The molecular formula is C14H22BrNO3. The zero-order valence-electron chi connectivity index (χ0n) is 11.3. The van der Waals surface area contributed by atoms with E-state index in [0.29, 0.717) is 19.6 Å². The number of aliphatic hydroxyl groups is 2. The molecule has 1 aromatic rings. The molecule has 0 bridgehead atoms. The molecule has 0 aromatic heterocycles. The van der Waals surface area contributed by atoms with E-state index in [4.69, 9.17) is 9.84 Å². The van der Waals surface area contributed by atoms with Gasteiger partial charge < -0.3 is 14.9 Å². The third-order valence-electron chi connectivity index (χ3n) is 3.00. The van der Waals surface area contributed by atoms with Crippen LogP contribution in [0.25, 0.3) is 0 Å². The van der Waals surface area contributed by atoms with Gasteiger partial charge in [0.25, 0.3) is 0 Å². The monoisotopic (exact) mass is 331 g/mol. The van der Waals surface area contributed by atoms with E-state index in [1.165, 1.54) is 0 Å². The van der Waals surface area contributed by atoms with Gasteiger partial charge in [0.2, 0.25) is 0 Å². The minimum atomic E-state index is -0.475. The number of nitrogens with zero attached hydrogens (tertiary/aromatic N) is 1. The van der Waals surface area contributed by atoms with Crippen molar-refractivity contribution in [1.29, 1.82) is 0 Å². The first-order chi connectivity index (χ1) is 9.17. The van der Waals surface area contributed by atoms with Crippen LogP contribution in [0.4, 0.5) is 0 Å². The second-order valence-electron chi connectivity index (χ2n) is 4.41. The van der Waals surface area contributed by atoms with E-state index in [0.717, 1.165) is 23.1 Å². The van der Waals surface area contributed by atoms with Crippen molar-refractivity contribution in [1.82, 2.24) is 4.90 Å². The fourth-order valence-corrected chi connectivity index (χ4v) is 2.12. The number of aliphatic hydroxyl groups excluding tert-OH is 2. The maximum atomic E-state index is 10.1. The molecule has 19 heavy (non-hydrogen) atoms.